The molecule has 1 heterocycles. The Kier molecular flexibility index (Phi) is 6.79. The second-order valence-electron chi connectivity index (χ2n) is 6.71. The third-order valence-electron chi connectivity index (χ3n) is 4.79. The molecule has 0 radical (unpaired) electrons. The van der Waals surface area contributed by atoms with Crippen LogP contribution in [0, 0.1) is 0 Å². The number of urea groups is 1. The molecular weight excluding hydrogens is 386 g/mol. The van der Waals surface area contributed by atoms with Crippen molar-refractivity contribution in [3.63, 3.8) is 0 Å². The minimum atomic E-state index is -0.872. The number of hydrogen-bond acceptors (Lipinski definition) is 5. The molecule has 0 aromatic heterocycles. The van der Waals surface area contributed by atoms with Crippen molar-refractivity contribution >= 4 is 24.1 Å². The van der Waals surface area contributed by atoms with Crippen LogP contribution in [0.4, 0.5) is 4.79 Å². The van der Waals surface area contributed by atoms with E-state index in [1.165, 1.54) is 4.90 Å². The average Bonchev–Trinajstić information content (AvgIpc) is 2.77. The molecule has 1 N–H and O–H groups in total. The number of aldehydes is 1. The Bertz CT molecular complexity index is 914. The molecule has 1 aliphatic heterocycles. The predicted molar refractivity (Wildman–Crippen MR) is 109 cm³/mol. The van der Waals surface area contributed by atoms with Gasteiger partial charge in [-0.15, -0.1) is 0 Å². The largest absolute Gasteiger partial charge is 0.466 e. The third-order valence-corrected chi connectivity index (χ3v) is 4.79. The number of piperazine rings is 1. The van der Waals surface area contributed by atoms with Gasteiger partial charge in [0, 0.05) is 31.6 Å². The minimum absolute atomic E-state index is 0.117. The highest BCUT2D eigenvalue weighted by atomic mass is 16.5. The molecule has 30 heavy (non-hydrogen) atoms. The van der Waals surface area contributed by atoms with Gasteiger partial charge in [0.05, 0.1) is 0 Å². The van der Waals surface area contributed by atoms with E-state index in [-0.39, 0.29) is 6.54 Å². The Morgan fingerprint density at radius 3 is 2.40 bits per heavy atom. The first-order chi connectivity index (χ1) is 14.5. The lowest BCUT2D eigenvalue weighted by molar-refractivity contribution is -0.153. The van der Waals surface area contributed by atoms with Crippen LogP contribution in [-0.2, 0) is 20.8 Å². The maximum Gasteiger partial charge on any atom is 0.327 e. The van der Waals surface area contributed by atoms with E-state index in [0.717, 1.165) is 16.7 Å². The van der Waals surface area contributed by atoms with Crippen molar-refractivity contribution in [2.45, 2.75) is 19.6 Å². The number of carbonyl (C=O) groups excluding carboxylic acids is 4. The summed E-state index contributed by atoms with van der Waals surface area (Å²) in [5, 5.41) is 2.69. The monoisotopic (exact) mass is 409 g/mol. The lowest BCUT2D eigenvalue weighted by Gasteiger charge is -2.32. The summed E-state index contributed by atoms with van der Waals surface area (Å²) in [5.41, 5.74) is 1.52. The highest BCUT2D eigenvalue weighted by molar-refractivity contribution is 6.38. The summed E-state index contributed by atoms with van der Waals surface area (Å²) in [6, 6.07) is 15.3. The number of amides is 4. The fourth-order valence-corrected chi connectivity index (χ4v) is 3.11. The van der Waals surface area contributed by atoms with Crippen LogP contribution in [0.2, 0.25) is 0 Å². The molecule has 0 saturated carbocycles. The molecule has 1 fully saturated rings. The molecule has 0 spiro atoms. The molecule has 2 aromatic rings. The van der Waals surface area contributed by atoms with Crippen molar-refractivity contribution in [1.29, 1.82) is 0 Å². The summed E-state index contributed by atoms with van der Waals surface area (Å²) in [7, 11) is 0. The Hall–Kier alpha value is -3.68. The maximum atomic E-state index is 12.8. The standard InChI is InChI=1S/C22H23N3O5/c1-2-24-13-14-25(21(28)20(24)27)22(29)23-19(17-6-4-3-5-7-17)30-18-10-8-16(9-11-18)12-15-26/h3-11,15,19H,2,12-14H2,1H3,(H,23,29). The van der Waals surface area contributed by atoms with Crippen molar-refractivity contribution in [2.24, 2.45) is 0 Å². The number of hydrogen-bond donors (Lipinski definition) is 1. The van der Waals surface area contributed by atoms with Gasteiger partial charge in [-0.25, -0.2) is 4.79 Å². The number of likely N-dealkylation sites (N-methyl/N-ethyl adjacent to an activating group) is 1. The van der Waals surface area contributed by atoms with Gasteiger partial charge in [0.2, 0.25) is 0 Å². The van der Waals surface area contributed by atoms with Gasteiger partial charge in [0.1, 0.15) is 12.0 Å². The first-order valence-electron chi connectivity index (χ1n) is 9.69. The van der Waals surface area contributed by atoms with Crippen molar-refractivity contribution in [3.05, 3.63) is 65.7 Å². The van der Waals surface area contributed by atoms with Crippen LogP contribution >= 0.6 is 0 Å². The van der Waals surface area contributed by atoms with Crippen LogP contribution in [0.25, 0.3) is 0 Å². The first-order valence-corrected chi connectivity index (χ1v) is 9.69. The van der Waals surface area contributed by atoms with E-state index in [0.29, 0.717) is 30.8 Å². The minimum Gasteiger partial charge on any atom is -0.466 e. The number of imide groups is 1. The van der Waals surface area contributed by atoms with E-state index in [9.17, 15) is 19.2 Å². The quantitative estimate of drug-likeness (QED) is 0.428. The Labute approximate surface area is 174 Å². The van der Waals surface area contributed by atoms with Gasteiger partial charge < -0.3 is 14.4 Å². The SMILES string of the molecule is CCN1CCN(C(=O)NC(Oc2ccc(CC=O)cc2)c2ccccc2)C(=O)C1=O. The van der Waals surface area contributed by atoms with Gasteiger partial charge in [-0.3, -0.25) is 19.8 Å². The Morgan fingerprint density at radius 1 is 1.07 bits per heavy atom. The van der Waals surface area contributed by atoms with Crippen molar-refractivity contribution < 1.29 is 23.9 Å². The molecular formula is C22H23N3O5. The van der Waals surface area contributed by atoms with Crippen LogP contribution in [0.15, 0.2) is 54.6 Å². The topological polar surface area (TPSA) is 96.0 Å². The summed E-state index contributed by atoms with van der Waals surface area (Å²) >= 11 is 0. The van der Waals surface area contributed by atoms with Crippen LogP contribution in [-0.4, -0.2) is 53.6 Å². The zero-order valence-electron chi connectivity index (χ0n) is 16.6. The second kappa shape index (κ2) is 9.69. The Balaban J connectivity index is 1.76. The smallest absolute Gasteiger partial charge is 0.327 e. The Morgan fingerprint density at radius 2 is 1.77 bits per heavy atom. The molecule has 3 rings (SSSR count). The summed E-state index contributed by atoms with van der Waals surface area (Å²) < 4.78 is 5.95. The molecule has 1 unspecified atom stereocenters. The molecule has 0 aliphatic carbocycles. The fraction of sp³-hybridized carbons (Fsp3) is 0.273. The van der Waals surface area contributed by atoms with E-state index >= 15 is 0 Å². The molecule has 8 nitrogen and oxygen atoms in total. The number of ether oxygens (including phenoxy) is 1. The van der Waals surface area contributed by atoms with Crippen LogP contribution < -0.4 is 10.1 Å². The van der Waals surface area contributed by atoms with Crippen molar-refractivity contribution in [3.8, 4) is 5.75 Å². The van der Waals surface area contributed by atoms with Gasteiger partial charge >= 0.3 is 17.8 Å². The summed E-state index contributed by atoms with van der Waals surface area (Å²) in [6.45, 7) is 2.60. The molecule has 1 saturated heterocycles. The maximum absolute atomic E-state index is 12.8. The third kappa shape index (κ3) is 4.83. The zero-order valence-corrected chi connectivity index (χ0v) is 16.6. The van der Waals surface area contributed by atoms with E-state index in [1.54, 1.807) is 55.5 Å². The van der Waals surface area contributed by atoms with Crippen LogP contribution in [0.3, 0.4) is 0 Å². The fourth-order valence-electron chi connectivity index (χ4n) is 3.11. The summed E-state index contributed by atoms with van der Waals surface area (Å²) in [4.78, 5) is 50.1. The van der Waals surface area contributed by atoms with E-state index in [2.05, 4.69) is 5.32 Å². The van der Waals surface area contributed by atoms with Gasteiger partial charge in [0.15, 0.2) is 6.23 Å². The number of nitrogens with one attached hydrogen (secondary N) is 1. The van der Waals surface area contributed by atoms with E-state index in [4.69, 9.17) is 4.74 Å². The van der Waals surface area contributed by atoms with E-state index in [1.807, 2.05) is 6.07 Å². The summed E-state index contributed by atoms with van der Waals surface area (Å²) in [5.74, 6) is -1.07. The lowest BCUT2D eigenvalue weighted by atomic mass is 10.1. The predicted octanol–water partition coefficient (Wildman–Crippen LogP) is 1.91. The number of rotatable bonds is 7. The van der Waals surface area contributed by atoms with Crippen LogP contribution in [0.5, 0.6) is 5.75 Å². The molecule has 2 aromatic carbocycles. The molecule has 156 valence electrons. The zero-order chi connectivity index (χ0) is 21.5. The second-order valence-corrected chi connectivity index (χ2v) is 6.71. The molecule has 0 bridgehead atoms. The highest BCUT2D eigenvalue weighted by Crippen LogP contribution is 2.21. The number of nitrogens with zero attached hydrogens (tertiary/aromatic N) is 2. The number of benzene rings is 2. The van der Waals surface area contributed by atoms with Crippen LogP contribution in [0.1, 0.15) is 24.3 Å². The molecule has 8 heteroatoms. The molecule has 4 amide bonds. The van der Waals surface area contributed by atoms with E-state index < -0.39 is 24.1 Å². The lowest BCUT2D eigenvalue weighted by Crippen LogP contribution is -2.58. The highest BCUT2D eigenvalue weighted by Gasteiger charge is 2.36. The summed E-state index contributed by atoms with van der Waals surface area (Å²) in [6.07, 6.45) is 0.251. The molecule has 1 atom stereocenters. The van der Waals surface area contributed by atoms with Crippen molar-refractivity contribution in [1.82, 2.24) is 15.1 Å². The van der Waals surface area contributed by atoms with Gasteiger partial charge in [-0.2, -0.15) is 0 Å². The van der Waals surface area contributed by atoms with Gasteiger partial charge in [-0.1, -0.05) is 42.5 Å². The van der Waals surface area contributed by atoms with Gasteiger partial charge in [0.25, 0.3) is 0 Å². The first kappa shape index (κ1) is 21.0. The van der Waals surface area contributed by atoms with Gasteiger partial charge in [-0.05, 0) is 24.6 Å². The molecule has 1 aliphatic rings. The normalized spacial score (nSPS) is 15.0. The average molecular weight is 409 g/mol. The van der Waals surface area contributed by atoms with Crippen molar-refractivity contribution in [2.75, 3.05) is 19.6 Å². The number of carbonyl (C=O) groups is 4.